The van der Waals surface area contributed by atoms with Crippen molar-refractivity contribution in [1.29, 1.82) is 0 Å². The first-order chi connectivity index (χ1) is 7.79. The van der Waals surface area contributed by atoms with Gasteiger partial charge in [0.25, 0.3) is 0 Å². The predicted molar refractivity (Wildman–Crippen MR) is 60.8 cm³/mol. The Balaban J connectivity index is 1.68. The van der Waals surface area contributed by atoms with Crippen molar-refractivity contribution in [3.63, 3.8) is 0 Å². The molecule has 1 heterocycles. The lowest BCUT2D eigenvalue weighted by atomic mass is 9.87. The zero-order valence-corrected chi connectivity index (χ0v) is 9.77. The van der Waals surface area contributed by atoms with Gasteiger partial charge in [-0.3, -0.25) is 4.79 Å². The van der Waals surface area contributed by atoms with E-state index in [-0.39, 0.29) is 12.6 Å². The molecule has 2 saturated carbocycles. The fourth-order valence-corrected chi connectivity index (χ4v) is 4.08. The number of likely N-dealkylation sites (tertiary alicyclic amines) is 1. The largest absolute Gasteiger partial charge is 0.394 e. The number of nitrogens with zero attached hydrogens (tertiary/aromatic N) is 1. The van der Waals surface area contributed by atoms with E-state index >= 15 is 0 Å². The summed E-state index contributed by atoms with van der Waals surface area (Å²) < 4.78 is 0. The van der Waals surface area contributed by atoms with Crippen molar-refractivity contribution in [2.75, 3.05) is 13.2 Å². The lowest BCUT2D eigenvalue weighted by Crippen LogP contribution is -2.42. The van der Waals surface area contributed by atoms with Gasteiger partial charge in [-0.25, -0.2) is 0 Å². The summed E-state index contributed by atoms with van der Waals surface area (Å²) in [4.78, 5) is 14.4. The van der Waals surface area contributed by atoms with E-state index < -0.39 is 0 Å². The summed E-state index contributed by atoms with van der Waals surface area (Å²) in [6.45, 7) is 1.02. The van der Waals surface area contributed by atoms with E-state index in [0.717, 1.165) is 31.7 Å². The first kappa shape index (κ1) is 10.6. The maximum absolute atomic E-state index is 12.4. The Morgan fingerprint density at radius 2 is 2.12 bits per heavy atom. The monoisotopic (exact) mass is 223 g/mol. The minimum absolute atomic E-state index is 0.117. The number of hydrogen-bond acceptors (Lipinski definition) is 2. The number of carbonyl (C=O) groups is 1. The van der Waals surface area contributed by atoms with Gasteiger partial charge in [0.2, 0.25) is 5.91 Å². The first-order valence-electron chi connectivity index (χ1n) is 6.71. The molecule has 3 heteroatoms. The van der Waals surface area contributed by atoms with Crippen LogP contribution in [-0.4, -0.2) is 35.1 Å². The topological polar surface area (TPSA) is 40.5 Å². The zero-order valence-electron chi connectivity index (χ0n) is 9.77. The van der Waals surface area contributed by atoms with Gasteiger partial charge in [-0.1, -0.05) is 6.42 Å². The SMILES string of the molecule is O=C(C1CC2CCC1C2)N1CCC[C@H]1CO. The Morgan fingerprint density at radius 1 is 1.25 bits per heavy atom. The van der Waals surface area contributed by atoms with Crippen LogP contribution in [0.4, 0.5) is 0 Å². The van der Waals surface area contributed by atoms with E-state index in [9.17, 15) is 9.90 Å². The van der Waals surface area contributed by atoms with Crippen LogP contribution in [0.3, 0.4) is 0 Å². The Hall–Kier alpha value is -0.570. The number of rotatable bonds is 2. The molecule has 0 aromatic rings. The molecule has 2 bridgehead atoms. The molecule has 16 heavy (non-hydrogen) atoms. The molecule has 0 aromatic heterocycles. The lowest BCUT2D eigenvalue weighted by molar-refractivity contribution is -0.138. The molecule has 3 fully saturated rings. The molecule has 4 atom stereocenters. The minimum atomic E-state index is 0.117. The zero-order chi connectivity index (χ0) is 11.1. The van der Waals surface area contributed by atoms with Crippen LogP contribution in [-0.2, 0) is 4.79 Å². The van der Waals surface area contributed by atoms with Crippen LogP contribution < -0.4 is 0 Å². The van der Waals surface area contributed by atoms with E-state index in [1.807, 2.05) is 4.90 Å². The number of aliphatic hydroxyl groups excluding tert-OH is 1. The number of carbonyl (C=O) groups excluding carboxylic acids is 1. The number of fused-ring (bicyclic) bond motifs is 2. The van der Waals surface area contributed by atoms with Crippen molar-refractivity contribution in [3.05, 3.63) is 0 Å². The van der Waals surface area contributed by atoms with Crippen LogP contribution in [0.25, 0.3) is 0 Å². The Morgan fingerprint density at radius 3 is 2.75 bits per heavy atom. The van der Waals surface area contributed by atoms with Gasteiger partial charge in [-0.05, 0) is 43.9 Å². The van der Waals surface area contributed by atoms with Crippen LogP contribution >= 0.6 is 0 Å². The van der Waals surface area contributed by atoms with Gasteiger partial charge in [-0.15, -0.1) is 0 Å². The Labute approximate surface area is 96.8 Å². The van der Waals surface area contributed by atoms with Gasteiger partial charge < -0.3 is 10.0 Å². The fraction of sp³-hybridized carbons (Fsp3) is 0.923. The third-order valence-electron chi connectivity index (χ3n) is 4.93. The van der Waals surface area contributed by atoms with Crippen molar-refractivity contribution in [2.24, 2.45) is 17.8 Å². The molecule has 0 spiro atoms. The molecular formula is C13H21NO2. The average Bonchev–Trinajstić information content (AvgIpc) is 3.02. The number of amides is 1. The van der Waals surface area contributed by atoms with Crippen molar-refractivity contribution in [2.45, 2.75) is 44.6 Å². The molecule has 0 aromatic carbocycles. The van der Waals surface area contributed by atoms with Crippen molar-refractivity contribution in [3.8, 4) is 0 Å². The van der Waals surface area contributed by atoms with Gasteiger partial charge in [0.15, 0.2) is 0 Å². The smallest absolute Gasteiger partial charge is 0.226 e. The third kappa shape index (κ3) is 1.56. The molecule has 3 unspecified atom stereocenters. The van der Waals surface area contributed by atoms with E-state index in [2.05, 4.69) is 0 Å². The summed E-state index contributed by atoms with van der Waals surface area (Å²) in [5, 5.41) is 9.27. The highest BCUT2D eigenvalue weighted by molar-refractivity contribution is 5.80. The van der Waals surface area contributed by atoms with Gasteiger partial charge in [-0.2, -0.15) is 0 Å². The third-order valence-corrected chi connectivity index (χ3v) is 4.93. The van der Waals surface area contributed by atoms with E-state index in [0.29, 0.717) is 17.7 Å². The lowest BCUT2D eigenvalue weighted by Gasteiger charge is -2.29. The molecule has 1 aliphatic heterocycles. The maximum Gasteiger partial charge on any atom is 0.226 e. The summed E-state index contributed by atoms with van der Waals surface area (Å²) in [5.74, 6) is 2.14. The molecule has 3 rings (SSSR count). The van der Waals surface area contributed by atoms with Crippen molar-refractivity contribution >= 4 is 5.91 Å². The van der Waals surface area contributed by atoms with E-state index in [4.69, 9.17) is 0 Å². The number of aliphatic hydroxyl groups is 1. The predicted octanol–water partition coefficient (Wildman–Crippen LogP) is 1.41. The Kier molecular flexibility index (Phi) is 2.66. The number of hydrogen-bond donors (Lipinski definition) is 1. The second kappa shape index (κ2) is 4.02. The molecule has 1 saturated heterocycles. The quantitative estimate of drug-likeness (QED) is 0.769. The molecule has 90 valence electrons. The highest BCUT2D eigenvalue weighted by Gasteiger charge is 2.45. The standard InChI is InChI=1S/C13H21NO2/c15-8-11-2-1-5-14(11)13(16)12-7-9-3-4-10(12)6-9/h9-12,15H,1-8H2/t9?,10?,11-,12?/m0/s1. The molecular weight excluding hydrogens is 202 g/mol. The highest BCUT2D eigenvalue weighted by atomic mass is 16.3. The van der Waals surface area contributed by atoms with E-state index in [1.165, 1.54) is 19.3 Å². The van der Waals surface area contributed by atoms with Crippen LogP contribution in [0.1, 0.15) is 38.5 Å². The maximum atomic E-state index is 12.4. The Bertz CT molecular complexity index is 284. The van der Waals surface area contributed by atoms with Crippen LogP contribution in [0, 0.1) is 17.8 Å². The molecule has 3 nitrogen and oxygen atoms in total. The molecule has 0 radical (unpaired) electrons. The van der Waals surface area contributed by atoms with Crippen molar-refractivity contribution < 1.29 is 9.90 Å². The molecule has 2 aliphatic carbocycles. The molecule has 1 N–H and O–H groups in total. The summed E-state index contributed by atoms with van der Waals surface area (Å²) in [7, 11) is 0. The summed E-state index contributed by atoms with van der Waals surface area (Å²) in [5.41, 5.74) is 0. The molecule has 1 amide bonds. The van der Waals surface area contributed by atoms with Crippen LogP contribution in [0.5, 0.6) is 0 Å². The first-order valence-corrected chi connectivity index (χ1v) is 6.71. The van der Waals surface area contributed by atoms with Crippen LogP contribution in [0.2, 0.25) is 0 Å². The summed E-state index contributed by atoms with van der Waals surface area (Å²) in [6, 6.07) is 0.117. The van der Waals surface area contributed by atoms with E-state index in [1.54, 1.807) is 0 Å². The van der Waals surface area contributed by atoms with Crippen molar-refractivity contribution in [1.82, 2.24) is 4.90 Å². The average molecular weight is 223 g/mol. The van der Waals surface area contributed by atoms with Gasteiger partial charge >= 0.3 is 0 Å². The summed E-state index contributed by atoms with van der Waals surface area (Å²) in [6.07, 6.45) is 7.07. The summed E-state index contributed by atoms with van der Waals surface area (Å²) >= 11 is 0. The van der Waals surface area contributed by atoms with Crippen LogP contribution in [0.15, 0.2) is 0 Å². The minimum Gasteiger partial charge on any atom is -0.394 e. The fourth-order valence-electron chi connectivity index (χ4n) is 4.08. The molecule has 3 aliphatic rings. The van der Waals surface area contributed by atoms with Gasteiger partial charge in [0.05, 0.1) is 12.6 Å². The highest BCUT2D eigenvalue weighted by Crippen LogP contribution is 2.49. The second-order valence-electron chi connectivity index (χ2n) is 5.79. The van der Waals surface area contributed by atoms with Gasteiger partial charge in [0.1, 0.15) is 0 Å². The normalized spacial score (nSPS) is 41.9. The van der Waals surface area contributed by atoms with Gasteiger partial charge in [0, 0.05) is 12.5 Å². The second-order valence-corrected chi connectivity index (χ2v) is 5.79.